The molecule has 17 nitrogen and oxygen atoms in total. The summed E-state index contributed by atoms with van der Waals surface area (Å²) in [5.41, 5.74) is 4.80. The summed E-state index contributed by atoms with van der Waals surface area (Å²) in [6, 6.07) is 13.8. The standard InChI is InChI=1S/C25H24N2O6.C22H20N2O5.C3H6O2/c1-4-14-15-9-13(33-21(28)5-2)7-8-19(15)26-22-16(14)11-27-20(22)10-18-17(23(27)29)12-32-24(30)25(18,31)6-3;1-3-12-13-7-11(25)5-6-17(13)23-19-14(12)9-24-18(19)8-16-15(20(24)26)10-29-21(27)22(16,28)4-2;1-2-3(4)5/h7-10,31H,4-6,11-12H2,1-3H3;5-8,25,28H,3-4,9-10H2,1-2H3;2H2,1H3,(H,4,5)/t25-;22-;/m00./s1. The first kappa shape index (κ1) is 46.3. The molecular formula is C50H50N4O13. The van der Waals surface area contributed by atoms with Crippen molar-refractivity contribution >= 4 is 45.7 Å². The van der Waals surface area contributed by atoms with E-state index in [4.69, 9.17) is 29.3 Å². The number of hydrogen-bond acceptors (Lipinski definition) is 14. The fraction of sp³-hybridized carbons (Fsp3) is 0.360. The summed E-state index contributed by atoms with van der Waals surface area (Å²) in [5.74, 6) is -1.91. The number of hydrogen-bond donors (Lipinski definition) is 4. The van der Waals surface area contributed by atoms with Crippen molar-refractivity contribution in [3.63, 3.8) is 0 Å². The number of aryl methyl sites for hydroxylation is 2. The van der Waals surface area contributed by atoms with E-state index >= 15 is 0 Å². The van der Waals surface area contributed by atoms with Crippen LogP contribution in [0.4, 0.5) is 0 Å². The number of aromatic nitrogens is 4. The van der Waals surface area contributed by atoms with Crippen LogP contribution in [0.3, 0.4) is 0 Å². The SMILES string of the molecule is CCC(=O)O.CCC(=O)Oc1ccc2nc3c(c(CC)c2c1)Cn1c-3cc2c(c1=O)COC(=O)[C@]2(O)CC.CCc1c2c(nc3ccc(O)cc13)-c1cc3c(c(=O)n1C2)COC(=O)[C@]3(O)CC. The molecule has 0 aliphatic carbocycles. The number of cyclic esters (lactones) is 2. The quantitative estimate of drug-likeness (QED) is 0.109. The topological polar surface area (TPSA) is 247 Å². The van der Waals surface area contributed by atoms with Crippen molar-refractivity contribution in [3.8, 4) is 34.3 Å². The highest BCUT2D eigenvalue weighted by Crippen LogP contribution is 2.43. The lowest BCUT2D eigenvalue weighted by atomic mass is 9.86. The molecule has 2 aromatic carbocycles. The van der Waals surface area contributed by atoms with Crippen LogP contribution < -0.4 is 15.9 Å². The maximum absolute atomic E-state index is 13.4. The van der Waals surface area contributed by atoms with Gasteiger partial charge in [0.05, 0.1) is 58.0 Å². The van der Waals surface area contributed by atoms with Crippen LogP contribution in [0.1, 0.15) is 112 Å². The summed E-state index contributed by atoms with van der Waals surface area (Å²) in [7, 11) is 0. The number of pyridine rings is 4. The lowest BCUT2D eigenvalue weighted by Crippen LogP contribution is -2.44. The molecule has 4 N–H and O–H groups in total. The second kappa shape index (κ2) is 17.5. The van der Waals surface area contributed by atoms with Crippen LogP contribution in [0.15, 0.2) is 58.1 Å². The van der Waals surface area contributed by atoms with E-state index in [0.29, 0.717) is 82.2 Å². The van der Waals surface area contributed by atoms with Gasteiger partial charge in [-0.25, -0.2) is 19.6 Å². The van der Waals surface area contributed by atoms with Crippen LogP contribution in [0.25, 0.3) is 44.6 Å². The monoisotopic (exact) mass is 914 g/mol. The van der Waals surface area contributed by atoms with E-state index in [-0.39, 0.29) is 61.7 Å². The Morgan fingerprint density at radius 1 is 0.657 bits per heavy atom. The molecule has 0 unspecified atom stereocenters. The first-order valence-corrected chi connectivity index (χ1v) is 22.3. The van der Waals surface area contributed by atoms with Gasteiger partial charge in [-0.05, 0) is 85.3 Å². The number of aromatic hydroxyl groups is 1. The van der Waals surface area contributed by atoms with Crippen LogP contribution in [0, 0.1) is 0 Å². The van der Waals surface area contributed by atoms with E-state index in [1.54, 1.807) is 79.3 Å². The summed E-state index contributed by atoms with van der Waals surface area (Å²) >= 11 is 0. The molecule has 348 valence electrons. The molecule has 8 heterocycles. The van der Waals surface area contributed by atoms with Gasteiger partial charge in [0.1, 0.15) is 24.7 Å². The zero-order valence-corrected chi connectivity index (χ0v) is 37.9. The van der Waals surface area contributed by atoms with E-state index < -0.39 is 29.1 Å². The molecule has 0 saturated carbocycles. The van der Waals surface area contributed by atoms with Gasteiger partial charge in [0.25, 0.3) is 11.1 Å². The Labute approximate surface area is 383 Å². The predicted molar refractivity (Wildman–Crippen MR) is 243 cm³/mol. The Morgan fingerprint density at radius 2 is 1.10 bits per heavy atom. The molecule has 0 fully saturated rings. The van der Waals surface area contributed by atoms with Gasteiger partial charge in [-0.1, -0.05) is 41.5 Å². The smallest absolute Gasteiger partial charge is 0.343 e. The summed E-state index contributed by atoms with van der Waals surface area (Å²) in [6.07, 6.45) is 2.11. The predicted octanol–water partition coefficient (Wildman–Crippen LogP) is 5.79. The number of aliphatic hydroxyl groups is 2. The number of phenols is 1. The van der Waals surface area contributed by atoms with Gasteiger partial charge in [-0.2, -0.15) is 0 Å². The summed E-state index contributed by atoms with van der Waals surface area (Å²) in [6.45, 7) is 11.1. The maximum Gasteiger partial charge on any atom is 0.343 e. The molecule has 4 aromatic heterocycles. The van der Waals surface area contributed by atoms with Crippen molar-refractivity contribution in [2.24, 2.45) is 0 Å². The first-order valence-electron chi connectivity index (χ1n) is 22.3. The van der Waals surface area contributed by atoms with Crippen molar-refractivity contribution in [1.82, 2.24) is 19.1 Å². The van der Waals surface area contributed by atoms with Crippen molar-refractivity contribution in [1.29, 1.82) is 0 Å². The number of carbonyl (C=O) groups excluding carboxylic acids is 3. The van der Waals surface area contributed by atoms with Gasteiger partial charge >= 0.3 is 23.9 Å². The van der Waals surface area contributed by atoms with Crippen molar-refractivity contribution in [2.45, 2.75) is 118 Å². The van der Waals surface area contributed by atoms with Gasteiger partial charge in [-0.3, -0.25) is 19.2 Å². The zero-order chi connectivity index (χ0) is 48.3. The van der Waals surface area contributed by atoms with Crippen LogP contribution in [-0.4, -0.2) is 63.4 Å². The Bertz CT molecular complexity index is 3230. The van der Waals surface area contributed by atoms with Crippen molar-refractivity contribution < 1.29 is 53.8 Å². The van der Waals surface area contributed by atoms with Crippen molar-refractivity contribution in [3.05, 3.63) is 114 Å². The number of benzene rings is 2. The van der Waals surface area contributed by atoms with Crippen molar-refractivity contribution in [2.75, 3.05) is 0 Å². The minimum atomic E-state index is -1.85. The molecule has 0 bridgehead atoms. The first-order chi connectivity index (χ1) is 32.0. The molecule has 0 saturated heterocycles. The summed E-state index contributed by atoms with van der Waals surface area (Å²) in [5, 5.41) is 41.3. The highest BCUT2D eigenvalue weighted by atomic mass is 16.6. The minimum Gasteiger partial charge on any atom is -0.508 e. The number of esters is 3. The largest absolute Gasteiger partial charge is 0.508 e. The molecule has 0 radical (unpaired) electrons. The third-order valence-electron chi connectivity index (χ3n) is 13.1. The molecule has 17 heteroatoms. The second-order valence-corrected chi connectivity index (χ2v) is 16.7. The minimum absolute atomic E-state index is 0.0964. The zero-order valence-electron chi connectivity index (χ0n) is 37.9. The molecule has 0 amide bonds. The fourth-order valence-electron chi connectivity index (χ4n) is 9.37. The van der Waals surface area contributed by atoms with Gasteiger partial charge < -0.3 is 43.8 Å². The lowest BCUT2D eigenvalue weighted by molar-refractivity contribution is -0.172. The number of rotatable bonds is 7. The Morgan fingerprint density at radius 3 is 1.52 bits per heavy atom. The van der Waals surface area contributed by atoms with E-state index in [9.17, 15) is 44.1 Å². The van der Waals surface area contributed by atoms with Gasteiger partial charge in [-0.15, -0.1) is 0 Å². The number of aliphatic carboxylic acids is 1. The maximum atomic E-state index is 13.4. The lowest BCUT2D eigenvalue weighted by Gasteiger charge is -2.31. The number of carbonyl (C=O) groups is 4. The van der Waals surface area contributed by atoms with E-state index in [0.717, 1.165) is 38.5 Å². The summed E-state index contributed by atoms with van der Waals surface area (Å²) < 4.78 is 18.9. The molecule has 4 aliphatic rings. The Hall–Kier alpha value is -7.24. The molecular weight excluding hydrogens is 865 g/mol. The number of carboxylic acid groups (broad SMARTS) is 1. The van der Waals surface area contributed by atoms with Crippen LogP contribution in [0.5, 0.6) is 11.5 Å². The van der Waals surface area contributed by atoms with Crippen LogP contribution in [-0.2, 0) is 79.0 Å². The number of carboxylic acids is 1. The fourth-order valence-corrected chi connectivity index (χ4v) is 9.37. The van der Waals surface area contributed by atoms with E-state index in [2.05, 4.69) is 0 Å². The van der Waals surface area contributed by atoms with Crippen LogP contribution in [0.2, 0.25) is 0 Å². The highest BCUT2D eigenvalue weighted by molar-refractivity contribution is 5.92. The molecule has 4 aliphatic heterocycles. The molecule has 2 atom stereocenters. The molecule has 67 heavy (non-hydrogen) atoms. The average Bonchev–Trinajstić information content (AvgIpc) is 3.89. The van der Waals surface area contributed by atoms with Gasteiger partial charge in [0.2, 0.25) is 0 Å². The average molecular weight is 915 g/mol. The number of nitrogens with zero attached hydrogens (tertiary/aromatic N) is 4. The molecule has 0 spiro atoms. The third-order valence-corrected chi connectivity index (χ3v) is 13.1. The Kier molecular flexibility index (Phi) is 12.1. The number of phenolic OH excluding ortho intramolecular Hbond substituents is 1. The number of fused-ring (bicyclic) bond motifs is 10. The van der Waals surface area contributed by atoms with E-state index in [1.807, 2.05) is 19.9 Å². The second-order valence-electron chi connectivity index (χ2n) is 16.7. The van der Waals surface area contributed by atoms with E-state index in [1.165, 1.54) is 0 Å². The summed E-state index contributed by atoms with van der Waals surface area (Å²) in [4.78, 5) is 81.9. The number of ether oxygens (including phenoxy) is 3. The van der Waals surface area contributed by atoms with Gasteiger partial charge in [0.15, 0.2) is 11.2 Å². The molecule has 10 rings (SSSR count). The highest BCUT2D eigenvalue weighted by Gasteiger charge is 2.47. The van der Waals surface area contributed by atoms with Crippen LogP contribution >= 0.6 is 0 Å². The Balaban J connectivity index is 0.000000166. The molecule has 6 aromatic rings. The third kappa shape index (κ3) is 7.51. The normalized spacial score (nSPS) is 18.1. The van der Waals surface area contributed by atoms with Gasteiger partial charge in [0, 0.05) is 45.9 Å².